The van der Waals surface area contributed by atoms with Gasteiger partial charge in [0.2, 0.25) is 11.9 Å². The molecule has 1 amide bonds. The number of hydrogen-bond acceptors (Lipinski definition) is 7. The zero-order valence-corrected chi connectivity index (χ0v) is 15.6. The third kappa shape index (κ3) is 4.18. The van der Waals surface area contributed by atoms with Crippen LogP contribution in [0, 0.1) is 0 Å². The quantitative estimate of drug-likeness (QED) is 0.737. The van der Waals surface area contributed by atoms with Crippen LogP contribution in [0.15, 0.2) is 0 Å². The van der Waals surface area contributed by atoms with E-state index in [-0.39, 0.29) is 11.9 Å². The Labute approximate surface area is 152 Å². The molecule has 2 aromatic heterocycles. The molecule has 0 aliphatic carbocycles. The van der Waals surface area contributed by atoms with E-state index >= 15 is 0 Å². The van der Waals surface area contributed by atoms with E-state index in [2.05, 4.69) is 34.8 Å². The highest BCUT2D eigenvalue weighted by Gasteiger charge is 2.27. The molecule has 0 unspecified atom stereocenters. The first kappa shape index (κ1) is 18.3. The van der Waals surface area contributed by atoms with Crippen molar-refractivity contribution in [3.8, 4) is 0 Å². The molecule has 0 bridgehead atoms. The second kappa shape index (κ2) is 7.81. The second-order valence-electron chi connectivity index (χ2n) is 7.07. The summed E-state index contributed by atoms with van der Waals surface area (Å²) in [6.45, 7) is 2.27. The molecular formula is C16H27N9O. The van der Waals surface area contributed by atoms with Crippen molar-refractivity contribution in [2.24, 2.45) is 7.05 Å². The van der Waals surface area contributed by atoms with Gasteiger partial charge < -0.3 is 20.1 Å². The number of rotatable bonds is 6. The molecular weight excluding hydrogens is 334 g/mol. The molecule has 2 aromatic rings. The van der Waals surface area contributed by atoms with E-state index in [1.807, 2.05) is 26.0 Å². The number of piperidine rings is 1. The number of amides is 1. The van der Waals surface area contributed by atoms with Crippen molar-refractivity contribution in [1.29, 1.82) is 0 Å². The van der Waals surface area contributed by atoms with Gasteiger partial charge in [-0.05, 0) is 26.9 Å². The second-order valence-corrected chi connectivity index (χ2v) is 7.07. The van der Waals surface area contributed by atoms with Crippen molar-refractivity contribution in [1.82, 2.24) is 39.7 Å². The third-order valence-electron chi connectivity index (χ3n) is 4.79. The molecule has 26 heavy (non-hydrogen) atoms. The van der Waals surface area contributed by atoms with Crippen molar-refractivity contribution < 1.29 is 4.79 Å². The lowest BCUT2D eigenvalue weighted by molar-refractivity contribution is -0.132. The Morgan fingerprint density at radius 2 is 2.04 bits per heavy atom. The summed E-state index contributed by atoms with van der Waals surface area (Å²) in [5.41, 5.74) is 5.47. The normalized spacial score (nSPS) is 15.8. The largest absolute Gasteiger partial charge is 0.367 e. The third-order valence-corrected chi connectivity index (χ3v) is 4.79. The average molecular weight is 361 g/mol. The molecule has 0 radical (unpaired) electrons. The van der Waals surface area contributed by atoms with Crippen LogP contribution in [0.5, 0.6) is 0 Å². The first-order chi connectivity index (χ1) is 12.4. The maximum Gasteiger partial charge on any atom is 0.239 e. The number of aromatic nitrogens is 6. The van der Waals surface area contributed by atoms with E-state index in [0.29, 0.717) is 24.6 Å². The summed E-state index contributed by atoms with van der Waals surface area (Å²) in [5.74, 6) is 3.34. The zero-order chi connectivity index (χ0) is 18.7. The minimum atomic E-state index is 0.143. The Kier molecular flexibility index (Phi) is 5.50. The molecule has 1 fully saturated rings. The van der Waals surface area contributed by atoms with Crippen LogP contribution in [-0.4, -0.2) is 72.8 Å². The van der Waals surface area contributed by atoms with E-state index < -0.39 is 0 Å². The van der Waals surface area contributed by atoms with Crippen LogP contribution in [0.25, 0.3) is 0 Å². The Morgan fingerprint density at radius 3 is 2.65 bits per heavy atom. The van der Waals surface area contributed by atoms with Gasteiger partial charge in [0.1, 0.15) is 17.5 Å². The number of nitrogens with one attached hydrogen (secondary N) is 1. The monoisotopic (exact) mass is 361 g/mol. The van der Waals surface area contributed by atoms with E-state index in [9.17, 15) is 4.79 Å². The number of nitrogen functional groups attached to an aromatic ring is 1. The molecule has 3 heterocycles. The van der Waals surface area contributed by atoms with Gasteiger partial charge in [-0.1, -0.05) is 0 Å². The molecule has 10 heteroatoms. The lowest BCUT2D eigenvalue weighted by atomic mass is 9.95. The van der Waals surface area contributed by atoms with Crippen LogP contribution in [0.1, 0.15) is 42.7 Å². The van der Waals surface area contributed by atoms with Gasteiger partial charge in [-0.2, -0.15) is 4.98 Å². The molecule has 0 atom stereocenters. The zero-order valence-electron chi connectivity index (χ0n) is 15.6. The number of H-pyrrole nitrogens is 1. The predicted molar refractivity (Wildman–Crippen MR) is 96.1 cm³/mol. The lowest BCUT2D eigenvalue weighted by Crippen LogP contribution is -2.38. The van der Waals surface area contributed by atoms with Crippen LogP contribution in [0.4, 0.5) is 5.95 Å². The Bertz CT molecular complexity index is 743. The number of nitrogens with two attached hydrogens (primary N) is 1. The van der Waals surface area contributed by atoms with Crippen molar-refractivity contribution >= 4 is 11.9 Å². The fourth-order valence-corrected chi connectivity index (χ4v) is 3.34. The van der Waals surface area contributed by atoms with Crippen LogP contribution < -0.4 is 5.73 Å². The molecule has 1 aliphatic rings. The van der Waals surface area contributed by atoms with Gasteiger partial charge >= 0.3 is 0 Å². The van der Waals surface area contributed by atoms with Gasteiger partial charge in [0.05, 0.1) is 6.54 Å². The minimum Gasteiger partial charge on any atom is -0.367 e. The fourth-order valence-electron chi connectivity index (χ4n) is 3.34. The topological polar surface area (TPSA) is 122 Å². The van der Waals surface area contributed by atoms with Crippen molar-refractivity contribution in [3.05, 3.63) is 17.5 Å². The Balaban J connectivity index is 1.51. The SMILES string of the molecule is CN(C)Cc1nnc(C2CCN(C(=O)CCc3nc(N)n[nH]3)CC2)n1C. The summed E-state index contributed by atoms with van der Waals surface area (Å²) in [6, 6.07) is 0. The molecule has 1 aliphatic heterocycles. The van der Waals surface area contributed by atoms with Gasteiger partial charge in [-0.15, -0.1) is 15.3 Å². The number of hydrogen-bond donors (Lipinski definition) is 2. The number of nitrogens with zero attached hydrogens (tertiary/aromatic N) is 7. The highest BCUT2D eigenvalue weighted by atomic mass is 16.2. The minimum absolute atomic E-state index is 0.143. The predicted octanol–water partition coefficient (Wildman–Crippen LogP) is -0.0842. The van der Waals surface area contributed by atoms with Crippen molar-refractivity contribution in [2.45, 2.75) is 38.1 Å². The van der Waals surface area contributed by atoms with Crippen LogP contribution in [0.3, 0.4) is 0 Å². The molecule has 10 nitrogen and oxygen atoms in total. The van der Waals surface area contributed by atoms with E-state index in [1.54, 1.807) is 0 Å². The molecule has 3 rings (SSSR count). The van der Waals surface area contributed by atoms with Gasteiger partial charge in [-0.25, -0.2) is 0 Å². The fraction of sp³-hybridized carbons (Fsp3) is 0.688. The van der Waals surface area contributed by atoms with Gasteiger partial charge in [0.25, 0.3) is 0 Å². The summed E-state index contributed by atoms with van der Waals surface area (Å²) in [7, 11) is 6.06. The molecule has 0 spiro atoms. The Morgan fingerprint density at radius 1 is 1.31 bits per heavy atom. The highest BCUT2D eigenvalue weighted by Crippen LogP contribution is 2.27. The van der Waals surface area contributed by atoms with E-state index in [0.717, 1.165) is 44.1 Å². The first-order valence-corrected chi connectivity index (χ1v) is 8.91. The maximum atomic E-state index is 12.4. The summed E-state index contributed by atoms with van der Waals surface area (Å²) >= 11 is 0. The standard InChI is InChI=1S/C16H27N9O/c1-23(2)10-13-20-21-15(24(13)3)11-6-8-25(9-7-11)14(26)5-4-12-18-16(17)22-19-12/h11H,4-10H2,1-3H3,(H3,17,18,19,22). The number of carbonyl (C=O) groups excluding carboxylic acids is 1. The van der Waals surface area contributed by atoms with Crippen LogP contribution in [-0.2, 0) is 24.8 Å². The van der Waals surface area contributed by atoms with E-state index in [4.69, 9.17) is 5.73 Å². The molecule has 142 valence electrons. The Hall–Kier alpha value is -2.49. The summed E-state index contributed by atoms with van der Waals surface area (Å²) in [4.78, 5) is 20.4. The number of aryl methyl sites for hydroxylation is 1. The van der Waals surface area contributed by atoms with Crippen LogP contribution >= 0.6 is 0 Å². The van der Waals surface area contributed by atoms with Gasteiger partial charge in [0.15, 0.2) is 0 Å². The number of anilines is 1. The first-order valence-electron chi connectivity index (χ1n) is 8.91. The number of carbonyl (C=O) groups is 1. The van der Waals surface area contributed by atoms with Crippen LogP contribution in [0.2, 0.25) is 0 Å². The summed E-state index contributed by atoms with van der Waals surface area (Å²) in [6.07, 6.45) is 2.76. The van der Waals surface area contributed by atoms with Crippen molar-refractivity contribution in [2.75, 3.05) is 32.9 Å². The smallest absolute Gasteiger partial charge is 0.239 e. The summed E-state index contributed by atoms with van der Waals surface area (Å²) < 4.78 is 2.09. The van der Waals surface area contributed by atoms with E-state index in [1.165, 1.54) is 0 Å². The number of likely N-dealkylation sites (tertiary alicyclic amines) is 1. The van der Waals surface area contributed by atoms with Crippen molar-refractivity contribution in [3.63, 3.8) is 0 Å². The van der Waals surface area contributed by atoms with Gasteiger partial charge in [-0.3, -0.25) is 9.89 Å². The molecule has 1 saturated heterocycles. The van der Waals surface area contributed by atoms with Gasteiger partial charge in [0, 0.05) is 38.9 Å². The summed E-state index contributed by atoms with van der Waals surface area (Å²) in [5, 5.41) is 15.2. The molecule has 0 saturated carbocycles. The highest BCUT2D eigenvalue weighted by molar-refractivity contribution is 5.76. The number of aromatic amines is 1. The molecule has 0 aromatic carbocycles. The maximum absolute atomic E-state index is 12.4. The lowest BCUT2D eigenvalue weighted by Gasteiger charge is -2.31. The molecule has 3 N–H and O–H groups in total. The average Bonchev–Trinajstić information content (AvgIpc) is 3.19.